The Bertz CT molecular complexity index is 565. The number of nitro benzene ring substituents is 1. The maximum absolute atomic E-state index is 10.5. The van der Waals surface area contributed by atoms with E-state index < -0.39 is 4.92 Å². The quantitative estimate of drug-likeness (QED) is 0.509. The van der Waals surface area contributed by atoms with Crippen LogP contribution in [0.25, 0.3) is 10.6 Å². The molecule has 0 aliphatic rings. The van der Waals surface area contributed by atoms with Gasteiger partial charge in [-0.3, -0.25) is 10.1 Å². The average molecular weight is 262 g/mol. The minimum absolute atomic E-state index is 0.0632. The highest BCUT2D eigenvalue weighted by Gasteiger charge is 2.09. The van der Waals surface area contributed by atoms with Gasteiger partial charge in [-0.1, -0.05) is 17.4 Å². The van der Waals surface area contributed by atoms with E-state index in [1.165, 1.54) is 23.5 Å². The predicted molar refractivity (Wildman–Crippen MR) is 70.7 cm³/mol. The van der Waals surface area contributed by atoms with Crippen molar-refractivity contribution in [1.82, 2.24) is 10.2 Å². The number of rotatable bonds is 5. The molecule has 0 saturated heterocycles. The number of anilines is 1. The maximum Gasteiger partial charge on any atom is 0.269 e. The second-order valence-corrected chi connectivity index (χ2v) is 4.36. The molecule has 0 amide bonds. The highest BCUT2D eigenvalue weighted by atomic mass is 32.1. The van der Waals surface area contributed by atoms with E-state index in [9.17, 15) is 10.1 Å². The predicted octanol–water partition coefficient (Wildman–Crippen LogP) is 2.71. The number of hydrogen-bond acceptors (Lipinski definition) is 6. The van der Waals surface area contributed by atoms with Crippen LogP contribution in [0.1, 0.15) is 0 Å². The Labute approximate surface area is 107 Å². The van der Waals surface area contributed by atoms with Gasteiger partial charge in [-0.05, 0) is 12.1 Å². The van der Waals surface area contributed by atoms with Crippen LogP contribution in [0.3, 0.4) is 0 Å². The molecule has 7 heteroatoms. The summed E-state index contributed by atoms with van der Waals surface area (Å²) in [5, 5.41) is 23.0. The third kappa shape index (κ3) is 2.69. The normalized spacial score (nSPS) is 10.0. The van der Waals surface area contributed by atoms with E-state index in [1.54, 1.807) is 18.2 Å². The van der Waals surface area contributed by atoms with Crippen LogP contribution in [-0.2, 0) is 0 Å². The molecule has 0 aliphatic carbocycles. The van der Waals surface area contributed by atoms with Crippen LogP contribution in [0.2, 0.25) is 0 Å². The van der Waals surface area contributed by atoms with Crippen molar-refractivity contribution in [2.24, 2.45) is 0 Å². The summed E-state index contributed by atoms with van der Waals surface area (Å²) >= 11 is 1.39. The largest absolute Gasteiger partial charge is 0.357 e. The van der Waals surface area contributed by atoms with E-state index in [0.29, 0.717) is 11.7 Å². The number of nitrogens with zero attached hydrogens (tertiary/aromatic N) is 3. The van der Waals surface area contributed by atoms with Crippen molar-refractivity contribution < 1.29 is 4.92 Å². The lowest BCUT2D eigenvalue weighted by atomic mass is 10.2. The molecule has 1 aromatic carbocycles. The van der Waals surface area contributed by atoms with E-state index in [-0.39, 0.29) is 5.69 Å². The third-order valence-electron chi connectivity index (χ3n) is 2.15. The average Bonchev–Trinajstić information content (AvgIpc) is 2.85. The summed E-state index contributed by atoms with van der Waals surface area (Å²) in [6, 6.07) is 6.23. The molecular formula is C11H10N4O2S. The SMILES string of the molecule is C=CCNc1nnc(-c2ccc([N+](=O)[O-])cc2)s1. The van der Waals surface area contributed by atoms with Crippen LogP contribution in [0.5, 0.6) is 0 Å². The first-order valence-electron chi connectivity index (χ1n) is 5.14. The first-order valence-corrected chi connectivity index (χ1v) is 5.95. The van der Waals surface area contributed by atoms with Crippen LogP contribution in [0.15, 0.2) is 36.9 Å². The van der Waals surface area contributed by atoms with Gasteiger partial charge in [0, 0.05) is 24.2 Å². The maximum atomic E-state index is 10.5. The van der Waals surface area contributed by atoms with Crippen molar-refractivity contribution in [2.45, 2.75) is 0 Å². The molecule has 1 N–H and O–H groups in total. The Balaban J connectivity index is 2.18. The molecule has 0 fully saturated rings. The van der Waals surface area contributed by atoms with Crippen molar-refractivity contribution >= 4 is 22.2 Å². The summed E-state index contributed by atoms with van der Waals surface area (Å²) < 4.78 is 0. The fraction of sp³-hybridized carbons (Fsp3) is 0.0909. The van der Waals surface area contributed by atoms with Crippen LogP contribution >= 0.6 is 11.3 Å². The monoisotopic (exact) mass is 262 g/mol. The van der Waals surface area contributed by atoms with Gasteiger partial charge in [-0.15, -0.1) is 16.8 Å². The van der Waals surface area contributed by atoms with Gasteiger partial charge in [0.1, 0.15) is 5.01 Å². The fourth-order valence-electron chi connectivity index (χ4n) is 1.30. The zero-order chi connectivity index (χ0) is 13.0. The topological polar surface area (TPSA) is 81.0 Å². The molecule has 0 unspecified atom stereocenters. The molecule has 1 heterocycles. The minimum Gasteiger partial charge on any atom is -0.357 e. The summed E-state index contributed by atoms with van der Waals surface area (Å²) in [4.78, 5) is 10.1. The second-order valence-electron chi connectivity index (χ2n) is 3.39. The molecule has 0 spiro atoms. The minimum atomic E-state index is -0.430. The number of aromatic nitrogens is 2. The van der Waals surface area contributed by atoms with Gasteiger partial charge in [0.05, 0.1) is 4.92 Å². The van der Waals surface area contributed by atoms with Gasteiger partial charge in [0.25, 0.3) is 5.69 Å². The first-order chi connectivity index (χ1) is 8.70. The molecule has 92 valence electrons. The number of non-ortho nitro benzene ring substituents is 1. The van der Waals surface area contributed by atoms with Gasteiger partial charge in [0.15, 0.2) is 0 Å². The van der Waals surface area contributed by atoms with Gasteiger partial charge in [-0.2, -0.15) is 0 Å². The van der Waals surface area contributed by atoms with E-state index in [2.05, 4.69) is 22.1 Å². The smallest absolute Gasteiger partial charge is 0.269 e. The van der Waals surface area contributed by atoms with Crippen molar-refractivity contribution in [3.05, 3.63) is 47.0 Å². The lowest BCUT2D eigenvalue weighted by Crippen LogP contribution is -1.96. The summed E-state index contributed by atoms with van der Waals surface area (Å²) in [5.74, 6) is 0. The van der Waals surface area contributed by atoms with Crippen LogP contribution in [-0.4, -0.2) is 21.7 Å². The molecule has 2 rings (SSSR count). The van der Waals surface area contributed by atoms with E-state index in [1.807, 2.05) is 0 Å². The summed E-state index contributed by atoms with van der Waals surface area (Å²) in [5.41, 5.74) is 0.873. The zero-order valence-electron chi connectivity index (χ0n) is 9.37. The zero-order valence-corrected chi connectivity index (χ0v) is 10.2. The van der Waals surface area contributed by atoms with Crippen molar-refractivity contribution in [3.63, 3.8) is 0 Å². The molecule has 0 saturated carbocycles. The van der Waals surface area contributed by atoms with Crippen molar-refractivity contribution in [3.8, 4) is 10.6 Å². The molecule has 18 heavy (non-hydrogen) atoms. The van der Waals surface area contributed by atoms with E-state index in [4.69, 9.17) is 0 Å². The Morgan fingerprint density at radius 3 is 2.72 bits per heavy atom. The molecule has 0 radical (unpaired) electrons. The van der Waals surface area contributed by atoms with Crippen molar-refractivity contribution in [1.29, 1.82) is 0 Å². The Kier molecular flexibility index (Phi) is 3.63. The van der Waals surface area contributed by atoms with E-state index in [0.717, 1.165) is 10.6 Å². The standard InChI is InChI=1S/C11H10N4O2S/c1-2-7-12-11-14-13-10(18-11)8-3-5-9(6-4-8)15(16)17/h2-6H,1,7H2,(H,12,14). The van der Waals surface area contributed by atoms with Gasteiger partial charge in [0.2, 0.25) is 5.13 Å². The lowest BCUT2D eigenvalue weighted by Gasteiger charge is -1.95. The van der Waals surface area contributed by atoms with E-state index >= 15 is 0 Å². The van der Waals surface area contributed by atoms with Crippen molar-refractivity contribution in [2.75, 3.05) is 11.9 Å². The van der Waals surface area contributed by atoms with Gasteiger partial charge in [-0.25, -0.2) is 0 Å². The molecule has 2 aromatic rings. The van der Waals surface area contributed by atoms with Crippen LogP contribution in [0.4, 0.5) is 10.8 Å². The Morgan fingerprint density at radius 1 is 1.39 bits per heavy atom. The second kappa shape index (κ2) is 5.37. The highest BCUT2D eigenvalue weighted by molar-refractivity contribution is 7.18. The first kappa shape index (κ1) is 12.2. The summed E-state index contributed by atoms with van der Waals surface area (Å²) in [7, 11) is 0. The summed E-state index contributed by atoms with van der Waals surface area (Å²) in [6.07, 6.45) is 1.73. The molecule has 0 atom stereocenters. The number of nitrogens with one attached hydrogen (secondary N) is 1. The Morgan fingerprint density at radius 2 is 2.11 bits per heavy atom. The Hall–Kier alpha value is -2.28. The van der Waals surface area contributed by atoms with Crippen LogP contribution in [0, 0.1) is 10.1 Å². The fourth-order valence-corrected chi connectivity index (χ4v) is 2.05. The highest BCUT2D eigenvalue weighted by Crippen LogP contribution is 2.27. The number of nitro groups is 1. The number of hydrogen-bond donors (Lipinski definition) is 1. The van der Waals surface area contributed by atoms with Crippen LogP contribution < -0.4 is 5.32 Å². The summed E-state index contributed by atoms with van der Waals surface area (Å²) in [6.45, 7) is 4.22. The molecule has 6 nitrogen and oxygen atoms in total. The lowest BCUT2D eigenvalue weighted by molar-refractivity contribution is -0.384. The number of benzene rings is 1. The molecule has 0 bridgehead atoms. The van der Waals surface area contributed by atoms with Gasteiger partial charge >= 0.3 is 0 Å². The van der Waals surface area contributed by atoms with Gasteiger partial charge < -0.3 is 5.32 Å². The molecular weight excluding hydrogens is 252 g/mol. The third-order valence-corrected chi connectivity index (χ3v) is 3.08. The molecule has 1 aromatic heterocycles. The molecule has 0 aliphatic heterocycles.